The van der Waals surface area contributed by atoms with E-state index in [1.807, 2.05) is 36.6 Å². The molecule has 2 rings (SSSR count). The van der Waals surface area contributed by atoms with Gasteiger partial charge < -0.3 is 0 Å². The Morgan fingerprint density at radius 1 is 1.27 bits per heavy atom. The minimum absolute atomic E-state index is 0.0943. The van der Waals surface area contributed by atoms with Gasteiger partial charge in [0.2, 0.25) is 0 Å². The van der Waals surface area contributed by atoms with Crippen LogP contribution in [0.2, 0.25) is 0 Å². The topological polar surface area (TPSA) is 30.0 Å². The summed E-state index contributed by atoms with van der Waals surface area (Å²) < 4.78 is 0. The number of hydrogen-bond donors (Lipinski definition) is 0. The molecule has 1 heterocycles. The Bertz CT molecular complexity index is 485. The van der Waals surface area contributed by atoms with Crippen molar-refractivity contribution in [3.63, 3.8) is 0 Å². The van der Waals surface area contributed by atoms with Crippen LogP contribution in [0.5, 0.6) is 0 Å². The van der Waals surface area contributed by atoms with Gasteiger partial charge in [0.1, 0.15) is 5.01 Å². The van der Waals surface area contributed by atoms with Gasteiger partial charge in [0.15, 0.2) is 5.78 Å². The quantitative estimate of drug-likeness (QED) is 0.722. The summed E-state index contributed by atoms with van der Waals surface area (Å²) in [4.78, 5) is 15.5. The predicted molar refractivity (Wildman–Crippen MR) is 62.3 cm³/mol. The third-order valence-corrected chi connectivity index (χ3v) is 3.17. The molecule has 0 unspecified atom stereocenters. The van der Waals surface area contributed by atoms with Gasteiger partial charge in [-0.3, -0.25) is 4.79 Å². The Hall–Kier alpha value is -1.48. The fourth-order valence-electron chi connectivity index (χ4n) is 1.33. The van der Waals surface area contributed by atoms with Crippen LogP contribution in [0.3, 0.4) is 0 Å². The summed E-state index contributed by atoms with van der Waals surface area (Å²) in [6, 6.07) is 7.56. The van der Waals surface area contributed by atoms with Crippen LogP contribution in [0.1, 0.15) is 23.0 Å². The molecule has 0 amide bonds. The number of ketones is 1. The van der Waals surface area contributed by atoms with Gasteiger partial charge in [-0.15, -0.1) is 11.3 Å². The fraction of sp³-hybridized carbons (Fsp3) is 0.167. The van der Waals surface area contributed by atoms with E-state index in [2.05, 4.69) is 4.98 Å². The molecule has 1 aromatic heterocycles. The molecule has 0 fully saturated rings. The molecular weight excluding hydrogens is 206 g/mol. The first-order valence-electron chi connectivity index (χ1n) is 4.70. The fourth-order valence-corrected chi connectivity index (χ4v) is 2.14. The van der Waals surface area contributed by atoms with Crippen LogP contribution in [0.15, 0.2) is 29.6 Å². The standard InChI is InChI=1S/C12H11NOS/c1-8-7-15-12(13-8)11-5-3-10(4-6-11)9(2)14/h3-7H,1-2H3. The Kier molecular flexibility index (Phi) is 2.64. The SMILES string of the molecule is CC(=O)c1ccc(-c2nc(C)cs2)cc1. The monoisotopic (exact) mass is 217 g/mol. The van der Waals surface area contributed by atoms with E-state index in [1.54, 1.807) is 18.3 Å². The van der Waals surface area contributed by atoms with Crippen molar-refractivity contribution in [3.8, 4) is 10.6 Å². The summed E-state index contributed by atoms with van der Waals surface area (Å²) in [5.74, 6) is 0.0943. The van der Waals surface area contributed by atoms with Crippen molar-refractivity contribution >= 4 is 17.1 Å². The zero-order valence-electron chi connectivity index (χ0n) is 8.65. The Morgan fingerprint density at radius 2 is 1.93 bits per heavy atom. The summed E-state index contributed by atoms with van der Waals surface area (Å²) in [5, 5.41) is 3.02. The molecule has 0 aliphatic heterocycles. The van der Waals surface area contributed by atoms with Crippen molar-refractivity contribution in [3.05, 3.63) is 40.9 Å². The molecule has 0 N–H and O–H groups in total. The highest BCUT2D eigenvalue weighted by atomic mass is 32.1. The van der Waals surface area contributed by atoms with Crippen molar-refractivity contribution in [2.24, 2.45) is 0 Å². The van der Waals surface area contributed by atoms with E-state index in [0.717, 1.165) is 21.8 Å². The van der Waals surface area contributed by atoms with Gasteiger partial charge >= 0.3 is 0 Å². The van der Waals surface area contributed by atoms with Crippen molar-refractivity contribution in [2.75, 3.05) is 0 Å². The van der Waals surface area contributed by atoms with E-state index in [-0.39, 0.29) is 5.78 Å². The number of nitrogens with zero attached hydrogens (tertiary/aromatic N) is 1. The number of benzene rings is 1. The summed E-state index contributed by atoms with van der Waals surface area (Å²) in [7, 11) is 0. The zero-order valence-corrected chi connectivity index (χ0v) is 9.47. The molecule has 0 saturated heterocycles. The van der Waals surface area contributed by atoms with Gasteiger partial charge in [-0.05, 0) is 13.8 Å². The van der Waals surface area contributed by atoms with E-state index in [1.165, 1.54) is 0 Å². The average molecular weight is 217 g/mol. The van der Waals surface area contributed by atoms with E-state index in [0.29, 0.717) is 0 Å². The van der Waals surface area contributed by atoms with Crippen molar-refractivity contribution < 1.29 is 4.79 Å². The van der Waals surface area contributed by atoms with Gasteiger partial charge in [0.05, 0.1) is 0 Å². The second-order valence-electron chi connectivity index (χ2n) is 3.43. The number of aryl methyl sites for hydroxylation is 1. The second-order valence-corrected chi connectivity index (χ2v) is 4.29. The molecule has 15 heavy (non-hydrogen) atoms. The van der Waals surface area contributed by atoms with Gasteiger partial charge in [-0.2, -0.15) is 0 Å². The van der Waals surface area contributed by atoms with E-state index in [9.17, 15) is 4.79 Å². The molecule has 0 aliphatic rings. The maximum absolute atomic E-state index is 11.1. The zero-order chi connectivity index (χ0) is 10.8. The predicted octanol–water partition coefficient (Wildman–Crippen LogP) is 3.32. The molecule has 2 aromatic rings. The van der Waals surface area contributed by atoms with Crippen molar-refractivity contribution in [1.82, 2.24) is 4.98 Å². The molecule has 0 aliphatic carbocycles. The molecule has 0 spiro atoms. The van der Waals surface area contributed by atoms with Crippen LogP contribution in [0.4, 0.5) is 0 Å². The molecule has 2 nitrogen and oxygen atoms in total. The third kappa shape index (κ3) is 2.13. The smallest absolute Gasteiger partial charge is 0.159 e. The molecule has 3 heteroatoms. The van der Waals surface area contributed by atoms with Gasteiger partial charge in [-0.1, -0.05) is 24.3 Å². The second kappa shape index (κ2) is 3.95. The molecule has 0 atom stereocenters. The van der Waals surface area contributed by atoms with Crippen LogP contribution in [0, 0.1) is 6.92 Å². The lowest BCUT2D eigenvalue weighted by atomic mass is 10.1. The van der Waals surface area contributed by atoms with Crippen LogP contribution >= 0.6 is 11.3 Å². The highest BCUT2D eigenvalue weighted by Crippen LogP contribution is 2.23. The molecule has 0 bridgehead atoms. The summed E-state index contributed by atoms with van der Waals surface area (Å²) in [6.07, 6.45) is 0. The lowest BCUT2D eigenvalue weighted by Gasteiger charge is -1.98. The van der Waals surface area contributed by atoms with Crippen LogP contribution in [-0.4, -0.2) is 10.8 Å². The third-order valence-electron chi connectivity index (χ3n) is 2.16. The van der Waals surface area contributed by atoms with Crippen LogP contribution < -0.4 is 0 Å². The lowest BCUT2D eigenvalue weighted by molar-refractivity contribution is 0.101. The number of aromatic nitrogens is 1. The lowest BCUT2D eigenvalue weighted by Crippen LogP contribution is -1.90. The first-order valence-corrected chi connectivity index (χ1v) is 5.58. The van der Waals surface area contributed by atoms with Crippen LogP contribution in [-0.2, 0) is 0 Å². The normalized spacial score (nSPS) is 10.3. The summed E-state index contributed by atoms with van der Waals surface area (Å²) >= 11 is 1.62. The number of hydrogen-bond acceptors (Lipinski definition) is 3. The van der Waals surface area contributed by atoms with Crippen molar-refractivity contribution in [2.45, 2.75) is 13.8 Å². The minimum atomic E-state index is 0.0943. The van der Waals surface area contributed by atoms with E-state index in [4.69, 9.17) is 0 Å². The largest absolute Gasteiger partial charge is 0.295 e. The Morgan fingerprint density at radius 3 is 2.40 bits per heavy atom. The molecule has 0 radical (unpaired) electrons. The van der Waals surface area contributed by atoms with Gasteiger partial charge in [-0.25, -0.2) is 4.98 Å². The van der Waals surface area contributed by atoms with Crippen molar-refractivity contribution in [1.29, 1.82) is 0 Å². The minimum Gasteiger partial charge on any atom is -0.295 e. The Labute approximate surface area is 92.6 Å². The number of carbonyl (C=O) groups excluding carboxylic acids is 1. The number of Topliss-reactive ketones (excluding diaryl/α,β-unsaturated/α-hetero) is 1. The first-order chi connectivity index (χ1) is 7.16. The van der Waals surface area contributed by atoms with E-state index < -0.39 is 0 Å². The van der Waals surface area contributed by atoms with Gasteiger partial charge in [0, 0.05) is 22.2 Å². The molecule has 76 valence electrons. The van der Waals surface area contributed by atoms with E-state index >= 15 is 0 Å². The summed E-state index contributed by atoms with van der Waals surface area (Å²) in [5.41, 5.74) is 2.84. The van der Waals surface area contributed by atoms with Crippen LogP contribution in [0.25, 0.3) is 10.6 Å². The molecule has 0 saturated carbocycles. The highest BCUT2D eigenvalue weighted by molar-refractivity contribution is 7.13. The average Bonchev–Trinajstić information content (AvgIpc) is 2.65. The maximum atomic E-state index is 11.1. The van der Waals surface area contributed by atoms with Gasteiger partial charge in [0.25, 0.3) is 0 Å². The first kappa shape index (κ1) is 10.1. The molecular formula is C12H11NOS. The Balaban J connectivity index is 2.35. The number of thiazole rings is 1. The summed E-state index contributed by atoms with van der Waals surface area (Å²) in [6.45, 7) is 3.55. The molecule has 1 aromatic carbocycles. The number of rotatable bonds is 2. The maximum Gasteiger partial charge on any atom is 0.159 e. The highest BCUT2D eigenvalue weighted by Gasteiger charge is 2.03. The number of carbonyl (C=O) groups is 1.